The van der Waals surface area contributed by atoms with Crippen LogP contribution in [0.25, 0.3) is 0 Å². The van der Waals surface area contributed by atoms with Gasteiger partial charge in [-0.2, -0.15) is 0 Å². The molecule has 1 N–H and O–H groups in total. The van der Waals surface area contributed by atoms with Crippen LogP contribution in [0.15, 0.2) is 0 Å². The number of carbonyl (C=O) groups is 2. The first-order valence-electron chi connectivity index (χ1n) is 6.38. The van der Waals surface area contributed by atoms with Crippen molar-refractivity contribution in [3.8, 4) is 0 Å². The minimum Gasteiger partial charge on any atom is -0.465 e. The van der Waals surface area contributed by atoms with Crippen molar-refractivity contribution in [2.45, 2.75) is 19.3 Å². The Morgan fingerprint density at radius 2 is 2.15 bits per heavy atom. The van der Waals surface area contributed by atoms with E-state index in [-0.39, 0.29) is 15.9 Å². The quantitative estimate of drug-likeness (QED) is 0.841. The van der Waals surface area contributed by atoms with E-state index >= 15 is 0 Å². The minimum absolute atomic E-state index is 0.121. The summed E-state index contributed by atoms with van der Waals surface area (Å²) in [6.45, 7) is 2.18. The van der Waals surface area contributed by atoms with Crippen LogP contribution in [0, 0.1) is 0 Å². The fourth-order valence-corrected chi connectivity index (χ4v) is 3.13. The number of carbonyl (C=O) groups excluding carboxylic acids is 2. The second-order valence-electron chi connectivity index (χ2n) is 4.40. The first kappa shape index (κ1) is 15.1. The normalized spacial score (nSPS) is 14.4. The molecule has 0 atom stereocenters. The number of nitrogens with zero attached hydrogens (tertiary/aromatic N) is 2. The lowest BCUT2D eigenvalue weighted by atomic mass is 10.3. The van der Waals surface area contributed by atoms with Crippen LogP contribution in [0.4, 0.5) is 5.13 Å². The molecule has 1 aliphatic rings. The number of ether oxygens (including phenoxy) is 1. The van der Waals surface area contributed by atoms with Crippen LogP contribution >= 0.6 is 22.9 Å². The standard InChI is InChI=1S/C12H16ClN3O3S/c1-19-11(18)9-10(13)15-12(20-9)14-5-4-8(17)16-6-2-3-7-16/h2-7H2,1H3,(H,14,15). The van der Waals surface area contributed by atoms with E-state index in [1.54, 1.807) is 0 Å². The van der Waals surface area contributed by atoms with Crippen molar-refractivity contribution in [3.63, 3.8) is 0 Å². The summed E-state index contributed by atoms with van der Waals surface area (Å²) in [6.07, 6.45) is 2.58. The highest BCUT2D eigenvalue weighted by atomic mass is 35.5. The van der Waals surface area contributed by atoms with Gasteiger partial charge in [0.2, 0.25) is 5.91 Å². The molecule has 20 heavy (non-hydrogen) atoms. The van der Waals surface area contributed by atoms with Crippen LogP contribution in [0.5, 0.6) is 0 Å². The van der Waals surface area contributed by atoms with E-state index in [2.05, 4.69) is 15.0 Å². The fraction of sp³-hybridized carbons (Fsp3) is 0.583. The molecule has 6 nitrogen and oxygen atoms in total. The lowest BCUT2D eigenvalue weighted by molar-refractivity contribution is -0.129. The summed E-state index contributed by atoms with van der Waals surface area (Å²) in [5.74, 6) is -0.362. The molecular formula is C12H16ClN3O3S. The number of halogens is 1. The van der Waals surface area contributed by atoms with E-state index in [9.17, 15) is 9.59 Å². The Balaban J connectivity index is 1.82. The molecule has 0 spiro atoms. The molecule has 0 aliphatic carbocycles. The summed E-state index contributed by atoms with van der Waals surface area (Å²) in [5.41, 5.74) is 0. The number of anilines is 1. The molecule has 0 saturated carbocycles. The fourth-order valence-electron chi connectivity index (χ4n) is 2.00. The number of amides is 1. The average molecular weight is 318 g/mol. The summed E-state index contributed by atoms with van der Waals surface area (Å²) in [6, 6.07) is 0. The zero-order chi connectivity index (χ0) is 14.5. The van der Waals surface area contributed by atoms with Gasteiger partial charge in [0.05, 0.1) is 7.11 Å². The van der Waals surface area contributed by atoms with Gasteiger partial charge in [-0.3, -0.25) is 4.79 Å². The van der Waals surface area contributed by atoms with Crippen molar-refractivity contribution in [2.24, 2.45) is 0 Å². The molecule has 0 radical (unpaired) electrons. The van der Waals surface area contributed by atoms with E-state index < -0.39 is 5.97 Å². The third-order valence-electron chi connectivity index (χ3n) is 3.03. The van der Waals surface area contributed by atoms with E-state index in [0.717, 1.165) is 37.3 Å². The van der Waals surface area contributed by atoms with Crippen LogP contribution in [0.2, 0.25) is 5.15 Å². The average Bonchev–Trinajstić information content (AvgIpc) is 3.07. The lowest BCUT2D eigenvalue weighted by Gasteiger charge is -2.14. The first-order chi connectivity index (χ1) is 9.61. The highest BCUT2D eigenvalue weighted by molar-refractivity contribution is 7.18. The van der Waals surface area contributed by atoms with Crippen molar-refractivity contribution in [3.05, 3.63) is 10.0 Å². The van der Waals surface area contributed by atoms with Gasteiger partial charge in [-0.25, -0.2) is 9.78 Å². The smallest absolute Gasteiger partial charge is 0.351 e. The molecule has 1 amide bonds. The SMILES string of the molecule is COC(=O)c1sc(NCCC(=O)N2CCCC2)nc1Cl. The number of rotatable bonds is 5. The highest BCUT2D eigenvalue weighted by Crippen LogP contribution is 2.27. The molecule has 1 aromatic heterocycles. The molecule has 0 unspecified atom stereocenters. The van der Waals surface area contributed by atoms with Crippen molar-refractivity contribution < 1.29 is 14.3 Å². The van der Waals surface area contributed by atoms with Gasteiger partial charge in [0.25, 0.3) is 0 Å². The van der Waals surface area contributed by atoms with Gasteiger partial charge in [0.15, 0.2) is 15.2 Å². The number of aromatic nitrogens is 1. The van der Waals surface area contributed by atoms with E-state index in [1.165, 1.54) is 7.11 Å². The molecule has 8 heteroatoms. The Morgan fingerprint density at radius 3 is 2.80 bits per heavy atom. The number of nitrogens with one attached hydrogen (secondary N) is 1. The predicted molar refractivity (Wildman–Crippen MR) is 77.4 cm³/mol. The van der Waals surface area contributed by atoms with Gasteiger partial charge in [0.1, 0.15) is 0 Å². The van der Waals surface area contributed by atoms with Crippen LogP contribution in [-0.2, 0) is 9.53 Å². The third-order valence-corrected chi connectivity index (χ3v) is 4.41. The topological polar surface area (TPSA) is 71.5 Å². The Kier molecular flexibility index (Phi) is 5.19. The molecule has 1 saturated heterocycles. The number of likely N-dealkylation sites (tertiary alicyclic amines) is 1. The van der Waals surface area contributed by atoms with Gasteiger partial charge in [-0.1, -0.05) is 22.9 Å². The molecule has 1 fully saturated rings. The summed E-state index contributed by atoms with van der Waals surface area (Å²) < 4.78 is 4.60. The predicted octanol–water partition coefficient (Wildman–Crippen LogP) is 2.01. The number of thiazole rings is 1. The number of hydrogen-bond acceptors (Lipinski definition) is 6. The van der Waals surface area contributed by atoms with Gasteiger partial charge < -0.3 is 15.0 Å². The van der Waals surface area contributed by atoms with Crippen LogP contribution < -0.4 is 5.32 Å². The Hall–Kier alpha value is -1.34. The molecule has 0 aromatic carbocycles. The maximum atomic E-state index is 11.8. The minimum atomic E-state index is -0.506. The number of hydrogen-bond donors (Lipinski definition) is 1. The van der Waals surface area contributed by atoms with Gasteiger partial charge in [-0.15, -0.1) is 0 Å². The Morgan fingerprint density at radius 1 is 1.45 bits per heavy atom. The van der Waals surface area contributed by atoms with Gasteiger partial charge >= 0.3 is 5.97 Å². The molecule has 1 aliphatic heterocycles. The van der Waals surface area contributed by atoms with Gasteiger partial charge in [0, 0.05) is 26.1 Å². The van der Waals surface area contributed by atoms with Crippen molar-refractivity contribution in [2.75, 3.05) is 32.1 Å². The van der Waals surface area contributed by atoms with Crippen LogP contribution in [0.1, 0.15) is 28.9 Å². The maximum Gasteiger partial charge on any atom is 0.351 e. The molecule has 1 aromatic rings. The summed E-state index contributed by atoms with van der Waals surface area (Å²) in [4.78, 5) is 29.4. The van der Waals surface area contributed by atoms with E-state index in [0.29, 0.717) is 18.1 Å². The number of methoxy groups -OCH3 is 1. The van der Waals surface area contributed by atoms with Crippen LogP contribution in [0.3, 0.4) is 0 Å². The summed E-state index contributed by atoms with van der Waals surface area (Å²) in [5, 5.41) is 3.65. The summed E-state index contributed by atoms with van der Waals surface area (Å²) in [7, 11) is 1.29. The second-order valence-corrected chi connectivity index (χ2v) is 5.75. The van der Waals surface area contributed by atoms with Crippen LogP contribution in [-0.4, -0.2) is 48.5 Å². The van der Waals surface area contributed by atoms with Gasteiger partial charge in [-0.05, 0) is 12.8 Å². The molecular weight excluding hydrogens is 302 g/mol. The lowest BCUT2D eigenvalue weighted by Crippen LogP contribution is -2.29. The Labute approximate surface area is 126 Å². The third kappa shape index (κ3) is 3.61. The van der Waals surface area contributed by atoms with E-state index in [4.69, 9.17) is 11.6 Å². The zero-order valence-electron chi connectivity index (χ0n) is 11.1. The second kappa shape index (κ2) is 6.90. The van der Waals surface area contributed by atoms with Crippen molar-refractivity contribution in [1.82, 2.24) is 9.88 Å². The monoisotopic (exact) mass is 317 g/mol. The van der Waals surface area contributed by atoms with Crippen molar-refractivity contribution >= 4 is 39.9 Å². The largest absolute Gasteiger partial charge is 0.465 e. The zero-order valence-corrected chi connectivity index (χ0v) is 12.7. The summed E-state index contributed by atoms with van der Waals surface area (Å²) >= 11 is 6.97. The molecule has 110 valence electrons. The molecule has 2 rings (SSSR count). The van der Waals surface area contributed by atoms with Crippen molar-refractivity contribution in [1.29, 1.82) is 0 Å². The number of esters is 1. The highest BCUT2D eigenvalue weighted by Gasteiger charge is 2.19. The maximum absolute atomic E-state index is 11.8. The molecule has 2 heterocycles. The first-order valence-corrected chi connectivity index (χ1v) is 7.57. The van der Waals surface area contributed by atoms with E-state index in [1.807, 2.05) is 4.90 Å². The molecule has 0 bridgehead atoms. The Bertz CT molecular complexity index is 500.